The molecule has 0 aliphatic rings. The Kier molecular flexibility index (Phi) is 4.60. The average molecular weight is 267 g/mol. The highest BCUT2D eigenvalue weighted by molar-refractivity contribution is 5.70. The van der Waals surface area contributed by atoms with E-state index in [4.69, 9.17) is 11.3 Å². The van der Waals surface area contributed by atoms with Gasteiger partial charge in [0.25, 0.3) is 5.69 Å². The summed E-state index contributed by atoms with van der Waals surface area (Å²) in [5.74, 6) is -2.24. The number of rotatable bonds is 3. The van der Waals surface area contributed by atoms with Gasteiger partial charge in [-0.3, -0.25) is 4.79 Å². The average Bonchev–Trinajstić information content (AvgIpc) is 2.23. The molecule has 0 saturated heterocycles. The van der Waals surface area contributed by atoms with Crippen molar-refractivity contribution in [3.63, 3.8) is 0 Å². The molecule has 0 atom stereocenters. The summed E-state index contributed by atoms with van der Waals surface area (Å²) in [4.78, 5) is 14.2. The smallest absolute Gasteiger partial charge is 0.306 e. The van der Waals surface area contributed by atoms with Crippen LogP contribution in [0.1, 0.15) is 32.8 Å². The maximum atomic E-state index is 13.3. The van der Waals surface area contributed by atoms with Gasteiger partial charge in [-0.05, 0) is 44.9 Å². The van der Waals surface area contributed by atoms with E-state index in [1.165, 1.54) is 0 Å². The van der Waals surface area contributed by atoms with Crippen LogP contribution in [0.4, 0.5) is 14.5 Å². The van der Waals surface area contributed by atoms with E-state index in [0.29, 0.717) is 5.56 Å². The number of hydrogen-bond acceptors (Lipinski definition) is 2. The van der Waals surface area contributed by atoms with Gasteiger partial charge >= 0.3 is 5.97 Å². The fourth-order valence-corrected chi connectivity index (χ4v) is 1.51. The lowest BCUT2D eigenvalue weighted by Crippen LogP contribution is -2.24. The zero-order valence-electron chi connectivity index (χ0n) is 11.1. The van der Waals surface area contributed by atoms with E-state index < -0.39 is 28.9 Å². The summed E-state index contributed by atoms with van der Waals surface area (Å²) in [6.45, 7) is 11.9. The van der Waals surface area contributed by atoms with Crippen LogP contribution in [0.3, 0.4) is 0 Å². The molecule has 0 saturated carbocycles. The summed E-state index contributed by atoms with van der Waals surface area (Å²) in [6, 6.07) is 2.14. The van der Waals surface area contributed by atoms with Gasteiger partial charge in [-0.2, -0.15) is 0 Å². The standard InChI is InChI=1S/C14H15F2NO2/c1-14(2,3)19-12(18)6-5-9-7-10(15)13(17-4)11(16)8-9/h7-8H,5-6H2,1-3H3. The minimum Gasteiger partial charge on any atom is -0.460 e. The lowest BCUT2D eigenvalue weighted by Gasteiger charge is -2.19. The molecule has 102 valence electrons. The number of aryl methyl sites for hydroxylation is 1. The molecule has 0 heterocycles. The van der Waals surface area contributed by atoms with Gasteiger partial charge in [0.1, 0.15) is 17.2 Å². The van der Waals surface area contributed by atoms with Gasteiger partial charge in [0, 0.05) is 6.42 Å². The first-order valence-electron chi connectivity index (χ1n) is 5.80. The summed E-state index contributed by atoms with van der Waals surface area (Å²) in [5, 5.41) is 0. The van der Waals surface area contributed by atoms with Gasteiger partial charge in [0.2, 0.25) is 0 Å². The molecule has 3 nitrogen and oxygen atoms in total. The van der Waals surface area contributed by atoms with Crippen LogP contribution in [0, 0.1) is 18.2 Å². The van der Waals surface area contributed by atoms with Crippen molar-refractivity contribution in [2.75, 3.05) is 0 Å². The van der Waals surface area contributed by atoms with Crippen LogP contribution < -0.4 is 0 Å². The number of esters is 1. The molecule has 5 heteroatoms. The number of carbonyl (C=O) groups excluding carboxylic acids is 1. The minimum atomic E-state index is -0.908. The third-order valence-corrected chi connectivity index (χ3v) is 2.23. The minimum absolute atomic E-state index is 0.0352. The summed E-state index contributed by atoms with van der Waals surface area (Å²) in [7, 11) is 0. The van der Waals surface area contributed by atoms with Crippen LogP contribution in [0.15, 0.2) is 12.1 Å². The van der Waals surface area contributed by atoms with Crippen LogP contribution in [-0.2, 0) is 16.0 Å². The molecule has 1 rings (SSSR count). The lowest BCUT2D eigenvalue weighted by atomic mass is 10.1. The number of hydrogen-bond donors (Lipinski definition) is 0. The molecule has 19 heavy (non-hydrogen) atoms. The van der Waals surface area contributed by atoms with Crippen molar-refractivity contribution >= 4 is 11.7 Å². The van der Waals surface area contributed by atoms with Crippen molar-refractivity contribution in [3.05, 3.63) is 40.7 Å². The first-order chi connectivity index (χ1) is 8.73. The summed E-state index contributed by atoms with van der Waals surface area (Å²) in [6.07, 6.45) is 0.203. The molecule has 0 amide bonds. The van der Waals surface area contributed by atoms with Gasteiger partial charge in [-0.15, -0.1) is 0 Å². The van der Waals surface area contributed by atoms with Gasteiger partial charge in [-0.25, -0.2) is 13.6 Å². The lowest BCUT2D eigenvalue weighted by molar-refractivity contribution is -0.154. The number of halogens is 2. The Labute approximate surface area is 111 Å². The quantitative estimate of drug-likeness (QED) is 0.616. The van der Waals surface area contributed by atoms with E-state index in [1.54, 1.807) is 20.8 Å². The van der Waals surface area contributed by atoms with Gasteiger partial charge in [0.05, 0.1) is 6.57 Å². The predicted molar refractivity (Wildman–Crippen MR) is 66.8 cm³/mol. The van der Waals surface area contributed by atoms with Gasteiger partial charge < -0.3 is 4.74 Å². The third-order valence-electron chi connectivity index (χ3n) is 2.23. The normalized spacial score (nSPS) is 10.9. The number of carbonyl (C=O) groups is 1. The summed E-state index contributed by atoms with van der Waals surface area (Å²) in [5.41, 5.74) is -0.879. The van der Waals surface area contributed by atoms with Crippen molar-refractivity contribution in [1.29, 1.82) is 0 Å². The van der Waals surface area contributed by atoms with Gasteiger partial charge in [0.15, 0.2) is 0 Å². The molecule has 0 spiro atoms. The van der Waals surface area contributed by atoms with Crippen LogP contribution >= 0.6 is 0 Å². The number of ether oxygens (including phenoxy) is 1. The third kappa shape index (κ3) is 4.66. The van der Waals surface area contributed by atoms with E-state index >= 15 is 0 Å². The fourth-order valence-electron chi connectivity index (χ4n) is 1.51. The molecule has 0 fully saturated rings. The molecule has 0 radical (unpaired) electrons. The summed E-state index contributed by atoms with van der Waals surface area (Å²) < 4.78 is 31.8. The first-order valence-corrected chi connectivity index (χ1v) is 5.80. The molecule has 1 aromatic rings. The first kappa shape index (κ1) is 15.1. The number of nitrogens with zero attached hydrogens (tertiary/aromatic N) is 1. The zero-order valence-corrected chi connectivity index (χ0v) is 11.1. The topological polar surface area (TPSA) is 30.7 Å². The molecule has 0 bridgehead atoms. The number of benzene rings is 1. The molecule has 0 aromatic heterocycles. The second-order valence-electron chi connectivity index (χ2n) is 5.11. The largest absolute Gasteiger partial charge is 0.460 e. The fraction of sp³-hybridized carbons (Fsp3) is 0.429. The molecular formula is C14H15F2NO2. The molecule has 0 aliphatic carbocycles. The van der Waals surface area contributed by atoms with Crippen LogP contribution in [0.5, 0.6) is 0 Å². The molecule has 1 aromatic carbocycles. The van der Waals surface area contributed by atoms with Crippen molar-refractivity contribution in [2.45, 2.75) is 39.2 Å². The van der Waals surface area contributed by atoms with Gasteiger partial charge in [-0.1, -0.05) is 0 Å². The van der Waals surface area contributed by atoms with E-state index in [2.05, 4.69) is 4.85 Å². The van der Waals surface area contributed by atoms with Crippen molar-refractivity contribution in [1.82, 2.24) is 0 Å². The highest BCUT2D eigenvalue weighted by Crippen LogP contribution is 2.24. The predicted octanol–water partition coefficient (Wildman–Crippen LogP) is 3.79. The van der Waals surface area contributed by atoms with E-state index in [9.17, 15) is 13.6 Å². The van der Waals surface area contributed by atoms with Crippen LogP contribution in [0.25, 0.3) is 4.85 Å². The molecule has 0 N–H and O–H groups in total. The van der Waals surface area contributed by atoms with Crippen LogP contribution in [-0.4, -0.2) is 11.6 Å². The van der Waals surface area contributed by atoms with Crippen LogP contribution in [0.2, 0.25) is 0 Å². The Morgan fingerprint density at radius 1 is 1.32 bits per heavy atom. The molecule has 0 unspecified atom stereocenters. The highest BCUT2D eigenvalue weighted by atomic mass is 19.1. The zero-order chi connectivity index (χ0) is 14.6. The second kappa shape index (κ2) is 5.79. The Balaban J connectivity index is 2.70. The SMILES string of the molecule is [C-]#[N+]c1c(F)cc(CCC(=O)OC(C)(C)C)cc1F. The highest BCUT2D eigenvalue weighted by Gasteiger charge is 2.17. The molecular weight excluding hydrogens is 252 g/mol. The molecule has 0 aliphatic heterocycles. The van der Waals surface area contributed by atoms with Crippen molar-refractivity contribution in [2.24, 2.45) is 0 Å². The van der Waals surface area contributed by atoms with Crippen molar-refractivity contribution in [3.8, 4) is 0 Å². The maximum absolute atomic E-state index is 13.3. The second-order valence-corrected chi connectivity index (χ2v) is 5.11. The van der Waals surface area contributed by atoms with E-state index in [1.807, 2.05) is 0 Å². The Morgan fingerprint density at radius 3 is 2.26 bits per heavy atom. The summed E-state index contributed by atoms with van der Waals surface area (Å²) >= 11 is 0. The Morgan fingerprint density at radius 2 is 1.84 bits per heavy atom. The maximum Gasteiger partial charge on any atom is 0.306 e. The van der Waals surface area contributed by atoms with Crippen molar-refractivity contribution < 1.29 is 18.3 Å². The Bertz CT molecular complexity index is 504. The van der Waals surface area contributed by atoms with E-state index in [0.717, 1.165) is 12.1 Å². The van der Waals surface area contributed by atoms with E-state index in [-0.39, 0.29) is 12.8 Å². The monoisotopic (exact) mass is 267 g/mol. The Hall–Kier alpha value is -1.96.